The fraction of sp³-hybridized carbons (Fsp3) is 0.714. The van der Waals surface area contributed by atoms with Crippen LogP contribution in [-0.2, 0) is 9.59 Å². The summed E-state index contributed by atoms with van der Waals surface area (Å²) < 4.78 is 0. The lowest BCUT2D eigenvalue weighted by atomic mass is 9.48. The lowest BCUT2D eigenvalue weighted by Crippen LogP contribution is -2.49. The van der Waals surface area contributed by atoms with Gasteiger partial charge in [-0.2, -0.15) is 0 Å². The molecule has 6 atom stereocenters. The van der Waals surface area contributed by atoms with E-state index in [1.165, 1.54) is 24.8 Å². The van der Waals surface area contributed by atoms with Gasteiger partial charge in [0.25, 0.3) is 0 Å². The Morgan fingerprint density at radius 2 is 1.91 bits per heavy atom. The molecular formula is C21H28O2. The van der Waals surface area contributed by atoms with Crippen LogP contribution in [-0.4, -0.2) is 11.6 Å². The number of hydrogen-bond acceptors (Lipinski definition) is 2. The molecule has 0 aromatic carbocycles. The Morgan fingerprint density at radius 3 is 2.65 bits per heavy atom. The van der Waals surface area contributed by atoms with E-state index < -0.39 is 0 Å². The van der Waals surface area contributed by atoms with Gasteiger partial charge in [-0.05, 0) is 79.3 Å². The summed E-state index contributed by atoms with van der Waals surface area (Å²) in [5.41, 5.74) is 1.63. The molecule has 0 radical (unpaired) electrons. The maximum Gasteiger partial charge on any atom is 0.156 e. The van der Waals surface area contributed by atoms with E-state index >= 15 is 0 Å². The first kappa shape index (κ1) is 15.4. The summed E-state index contributed by atoms with van der Waals surface area (Å²) >= 11 is 0. The van der Waals surface area contributed by atoms with Crippen LogP contribution in [0.2, 0.25) is 0 Å². The molecule has 0 heterocycles. The van der Waals surface area contributed by atoms with Crippen LogP contribution in [0, 0.1) is 34.5 Å². The molecule has 0 bridgehead atoms. The highest BCUT2D eigenvalue weighted by atomic mass is 16.1. The van der Waals surface area contributed by atoms with Crippen molar-refractivity contribution in [2.45, 2.75) is 59.3 Å². The molecule has 0 N–H and O–H groups in total. The molecule has 4 aliphatic carbocycles. The van der Waals surface area contributed by atoms with E-state index in [4.69, 9.17) is 0 Å². The van der Waals surface area contributed by atoms with E-state index in [1.54, 1.807) is 6.92 Å². The van der Waals surface area contributed by atoms with Gasteiger partial charge in [0.2, 0.25) is 0 Å². The summed E-state index contributed by atoms with van der Waals surface area (Å²) in [5.74, 6) is 2.83. The summed E-state index contributed by atoms with van der Waals surface area (Å²) in [6, 6.07) is 0. The van der Waals surface area contributed by atoms with E-state index in [9.17, 15) is 9.59 Å². The normalized spacial score (nSPS) is 48.3. The first-order valence-electron chi connectivity index (χ1n) is 9.30. The summed E-state index contributed by atoms with van der Waals surface area (Å²) in [6.07, 6.45) is 12.9. The molecular weight excluding hydrogens is 284 g/mol. The number of carbonyl (C=O) groups is 2. The van der Waals surface area contributed by atoms with E-state index in [1.807, 2.05) is 6.08 Å². The Bertz CT molecular complexity index is 628. The number of fused-ring (bicyclic) bond motifs is 5. The Hall–Kier alpha value is -1.18. The van der Waals surface area contributed by atoms with Crippen LogP contribution in [0.5, 0.6) is 0 Å². The molecule has 0 aliphatic heterocycles. The van der Waals surface area contributed by atoms with Crippen LogP contribution in [0.3, 0.4) is 0 Å². The lowest BCUT2D eigenvalue weighted by molar-refractivity contribution is -0.127. The van der Waals surface area contributed by atoms with Crippen molar-refractivity contribution in [3.63, 3.8) is 0 Å². The van der Waals surface area contributed by atoms with E-state index in [0.29, 0.717) is 35.7 Å². The third kappa shape index (κ3) is 1.99. The van der Waals surface area contributed by atoms with Gasteiger partial charge in [0.1, 0.15) is 5.78 Å². The molecule has 124 valence electrons. The van der Waals surface area contributed by atoms with Crippen molar-refractivity contribution in [1.82, 2.24) is 0 Å². The van der Waals surface area contributed by atoms with Crippen LogP contribution in [0.25, 0.3) is 0 Å². The van der Waals surface area contributed by atoms with Gasteiger partial charge < -0.3 is 0 Å². The average Bonchev–Trinajstić information content (AvgIpc) is 2.85. The largest absolute Gasteiger partial charge is 0.300 e. The van der Waals surface area contributed by atoms with Crippen LogP contribution in [0.15, 0.2) is 23.8 Å². The predicted octanol–water partition coefficient (Wildman–Crippen LogP) is 4.50. The second-order valence-corrected chi connectivity index (χ2v) is 8.92. The Morgan fingerprint density at radius 1 is 1.13 bits per heavy atom. The van der Waals surface area contributed by atoms with Crippen molar-refractivity contribution in [1.29, 1.82) is 0 Å². The molecule has 4 rings (SSSR count). The van der Waals surface area contributed by atoms with Gasteiger partial charge in [-0.15, -0.1) is 0 Å². The highest BCUT2D eigenvalue weighted by Gasteiger charge is 2.58. The molecule has 0 amide bonds. The predicted molar refractivity (Wildman–Crippen MR) is 90.8 cm³/mol. The highest BCUT2D eigenvalue weighted by Crippen LogP contribution is 2.65. The first-order chi connectivity index (χ1) is 10.9. The quantitative estimate of drug-likeness (QED) is 0.714. The molecule has 0 aromatic rings. The minimum atomic E-state index is 0.170. The zero-order chi connectivity index (χ0) is 16.4. The Kier molecular flexibility index (Phi) is 3.28. The second kappa shape index (κ2) is 4.91. The molecule has 0 saturated heterocycles. The van der Waals surface area contributed by atoms with Gasteiger partial charge in [0.15, 0.2) is 5.78 Å². The highest BCUT2D eigenvalue weighted by molar-refractivity contribution is 5.92. The summed E-state index contributed by atoms with van der Waals surface area (Å²) in [6.45, 7) is 6.54. The third-order valence-electron chi connectivity index (χ3n) is 8.01. The standard InChI is InChI=1S/C21H28O2/c1-13(22)17-6-7-18-16-5-4-14-12-15(23)8-10-20(14,2)19(16)9-11-21(17,18)3/h4-5,12,16-19H,6-11H2,1-3H3/t16-,17+,18-,19+,20+,21-/m0/s1. The van der Waals surface area contributed by atoms with Crippen molar-refractivity contribution in [3.05, 3.63) is 23.8 Å². The number of Topliss-reactive ketones (excluding diaryl/α,β-unsaturated/α-hetero) is 1. The van der Waals surface area contributed by atoms with Crippen molar-refractivity contribution < 1.29 is 9.59 Å². The molecule has 0 unspecified atom stereocenters. The molecule has 23 heavy (non-hydrogen) atoms. The monoisotopic (exact) mass is 312 g/mol. The maximum atomic E-state index is 12.1. The molecule has 2 fully saturated rings. The number of ketones is 2. The average molecular weight is 312 g/mol. The summed E-state index contributed by atoms with van der Waals surface area (Å²) in [7, 11) is 0. The molecule has 4 aliphatic rings. The van der Waals surface area contributed by atoms with Crippen molar-refractivity contribution >= 4 is 11.6 Å². The van der Waals surface area contributed by atoms with Crippen molar-refractivity contribution in [2.75, 3.05) is 0 Å². The van der Waals surface area contributed by atoms with Crippen molar-refractivity contribution in [3.8, 4) is 0 Å². The summed E-state index contributed by atoms with van der Waals surface area (Å²) in [5, 5.41) is 0. The Balaban J connectivity index is 1.72. The van der Waals surface area contributed by atoms with E-state index in [0.717, 1.165) is 12.8 Å². The molecule has 2 heteroatoms. The van der Waals surface area contributed by atoms with Crippen LogP contribution >= 0.6 is 0 Å². The second-order valence-electron chi connectivity index (χ2n) is 8.92. The molecule has 2 saturated carbocycles. The maximum absolute atomic E-state index is 12.1. The smallest absolute Gasteiger partial charge is 0.156 e. The van der Waals surface area contributed by atoms with Crippen molar-refractivity contribution in [2.24, 2.45) is 34.5 Å². The number of carbonyl (C=O) groups excluding carboxylic acids is 2. The zero-order valence-corrected chi connectivity index (χ0v) is 14.6. The molecule has 2 nitrogen and oxygen atoms in total. The minimum absolute atomic E-state index is 0.170. The number of allylic oxidation sites excluding steroid dienone is 4. The third-order valence-corrected chi connectivity index (χ3v) is 8.01. The Labute approximate surface area is 139 Å². The SMILES string of the molecule is CC(=O)[C@H]1CC[C@H]2[C@@H]3C=CC4=CC(=O)CC[C@@]4(C)[C@@H]3CC[C@@]12C. The van der Waals surface area contributed by atoms with Gasteiger partial charge >= 0.3 is 0 Å². The van der Waals surface area contributed by atoms with Gasteiger partial charge in [-0.3, -0.25) is 9.59 Å². The van der Waals surface area contributed by atoms with Crippen LogP contribution in [0.1, 0.15) is 59.3 Å². The van der Waals surface area contributed by atoms with Gasteiger partial charge in [0.05, 0.1) is 0 Å². The lowest BCUT2D eigenvalue weighted by Gasteiger charge is -2.55. The number of hydrogen-bond donors (Lipinski definition) is 0. The van der Waals surface area contributed by atoms with E-state index in [-0.39, 0.29) is 16.7 Å². The minimum Gasteiger partial charge on any atom is -0.300 e. The van der Waals surface area contributed by atoms with Crippen LogP contribution < -0.4 is 0 Å². The molecule has 0 spiro atoms. The van der Waals surface area contributed by atoms with Crippen LogP contribution in [0.4, 0.5) is 0 Å². The fourth-order valence-corrected chi connectivity index (χ4v) is 6.66. The van der Waals surface area contributed by atoms with Gasteiger partial charge in [-0.25, -0.2) is 0 Å². The number of rotatable bonds is 1. The zero-order valence-electron chi connectivity index (χ0n) is 14.6. The van der Waals surface area contributed by atoms with Gasteiger partial charge in [0, 0.05) is 12.3 Å². The topological polar surface area (TPSA) is 34.1 Å². The summed E-state index contributed by atoms with van der Waals surface area (Å²) in [4.78, 5) is 24.0. The van der Waals surface area contributed by atoms with E-state index in [2.05, 4.69) is 26.0 Å². The first-order valence-corrected chi connectivity index (χ1v) is 9.30. The fourth-order valence-electron chi connectivity index (χ4n) is 6.66. The molecule has 0 aromatic heterocycles. The van der Waals surface area contributed by atoms with Gasteiger partial charge in [-0.1, -0.05) is 26.0 Å².